The van der Waals surface area contributed by atoms with E-state index < -0.39 is 0 Å². The molecule has 1 heterocycles. The maximum absolute atomic E-state index is 5.41. The molecule has 0 spiro atoms. The summed E-state index contributed by atoms with van der Waals surface area (Å²) in [5, 5.41) is 8.79. The van der Waals surface area contributed by atoms with E-state index in [1.807, 2.05) is 6.92 Å². The number of benzene rings is 1. The largest absolute Gasteiger partial charge is 0.377 e. The summed E-state index contributed by atoms with van der Waals surface area (Å²) in [5.41, 5.74) is 2.43. The van der Waals surface area contributed by atoms with Crippen LogP contribution in [0.5, 0.6) is 0 Å². The zero-order chi connectivity index (χ0) is 16.3. The Morgan fingerprint density at radius 3 is 2.57 bits per heavy atom. The fourth-order valence-corrected chi connectivity index (χ4v) is 2.85. The summed E-state index contributed by atoms with van der Waals surface area (Å²) in [6.07, 6.45) is 1.02. The van der Waals surface area contributed by atoms with E-state index in [-0.39, 0.29) is 0 Å². The van der Waals surface area contributed by atoms with Gasteiger partial charge in [0.05, 0.1) is 6.61 Å². The van der Waals surface area contributed by atoms with Gasteiger partial charge >= 0.3 is 0 Å². The molecule has 0 amide bonds. The third kappa shape index (κ3) is 6.42. The van der Waals surface area contributed by atoms with Gasteiger partial charge in [-0.3, -0.25) is 4.99 Å². The molecule has 0 saturated carbocycles. The Morgan fingerprint density at radius 2 is 1.91 bits per heavy atom. The van der Waals surface area contributed by atoms with Crippen molar-refractivity contribution in [3.05, 3.63) is 57.8 Å². The molecule has 1 aromatic carbocycles. The third-order valence-electron chi connectivity index (χ3n) is 3.42. The fourth-order valence-electron chi connectivity index (χ4n) is 2.14. The van der Waals surface area contributed by atoms with Crippen LogP contribution >= 0.6 is 11.3 Å². The number of thiophene rings is 1. The molecule has 2 N–H and O–H groups in total. The second kappa shape index (κ2) is 10.0. The Morgan fingerprint density at radius 1 is 1.13 bits per heavy atom. The molecule has 1 aromatic heterocycles. The summed E-state index contributed by atoms with van der Waals surface area (Å²) in [6.45, 7) is 5.07. The molecule has 2 aromatic rings. The molecular formula is C18H25N3OS. The van der Waals surface area contributed by atoms with Gasteiger partial charge in [-0.15, -0.1) is 11.3 Å². The molecule has 2 rings (SSSR count). The minimum absolute atomic E-state index is 0.677. The van der Waals surface area contributed by atoms with E-state index in [2.05, 4.69) is 57.4 Å². The smallest absolute Gasteiger partial charge is 0.191 e. The number of rotatable bonds is 8. The highest BCUT2D eigenvalue weighted by Crippen LogP contribution is 2.08. The van der Waals surface area contributed by atoms with E-state index in [4.69, 9.17) is 4.74 Å². The number of ether oxygens (including phenoxy) is 1. The number of hydrogen-bond donors (Lipinski definition) is 2. The van der Waals surface area contributed by atoms with Crippen LogP contribution in [0.3, 0.4) is 0 Å². The molecule has 0 fully saturated rings. The van der Waals surface area contributed by atoms with Crippen LogP contribution in [0.25, 0.3) is 0 Å². The van der Waals surface area contributed by atoms with Crippen LogP contribution in [-0.2, 0) is 24.3 Å². The van der Waals surface area contributed by atoms with Gasteiger partial charge in [-0.1, -0.05) is 30.3 Å². The minimum atomic E-state index is 0.677. The summed E-state index contributed by atoms with van der Waals surface area (Å²) in [4.78, 5) is 5.64. The summed E-state index contributed by atoms with van der Waals surface area (Å²) in [5.74, 6) is 0.833. The van der Waals surface area contributed by atoms with Crippen molar-refractivity contribution in [1.29, 1.82) is 0 Å². The lowest BCUT2D eigenvalue weighted by Crippen LogP contribution is -2.37. The molecule has 0 radical (unpaired) electrons. The number of nitrogens with zero attached hydrogens (tertiary/aromatic N) is 1. The van der Waals surface area contributed by atoms with Crippen molar-refractivity contribution in [1.82, 2.24) is 10.6 Å². The Labute approximate surface area is 142 Å². The number of aliphatic imine (C=N–C) groups is 1. The van der Waals surface area contributed by atoms with Crippen LogP contribution in [0, 0.1) is 0 Å². The first kappa shape index (κ1) is 17.5. The molecule has 0 atom stereocenters. The second-order valence-electron chi connectivity index (χ2n) is 5.14. The van der Waals surface area contributed by atoms with Crippen molar-refractivity contribution in [2.45, 2.75) is 26.5 Å². The fraction of sp³-hybridized carbons (Fsp3) is 0.389. The summed E-state index contributed by atoms with van der Waals surface area (Å²) >= 11 is 1.79. The van der Waals surface area contributed by atoms with E-state index in [0.717, 1.165) is 32.1 Å². The first-order chi connectivity index (χ1) is 11.3. The maximum Gasteiger partial charge on any atom is 0.191 e. The average Bonchev–Trinajstić information content (AvgIpc) is 3.10. The lowest BCUT2D eigenvalue weighted by atomic mass is 10.1. The van der Waals surface area contributed by atoms with E-state index in [1.165, 1.54) is 16.0 Å². The molecular weight excluding hydrogens is 306 g/mol. The Hall–Kier alpha value is -1.85. The molecule has 0 aliphatic carbocycles. The molecule has 0 saturated heterocycles. The van der Waals surface area contributed by atoms with Gasteiger partial charge in [-0.25, -0.2) is 0 Å². The predicted molar refractivity (Wildman–Crippen MR) is 98.0 cm³/mol. The Kier molecular flexibility index (Phi) is 7.63. The van der Waals surface area contributed by atoms with Crippen LogP contribution in [0.4, 0.5) is 0 Å². The maximum atomic E-state index is 5.41. The Bertz CT molecular complexity index is 579. The van der Waals surface area contributed by atoms with Gasteiger partial charge in [-0.2, -0.15) is 0 Å². The first-order valence-corrected chi connectivity index (χ1v) is 8.82. The van der Waals surface area contributed by atoms with Crippen molar-refractivity contribution < 1.29 is 4.74 Å². The van der Waals surface area contributed by atoms with Crippen LogP contribution in [0.1, 0.15) is 22.9 Å². The zero-order valence-corrected chi connectivity index (χ0v) is 14.7. The topological polar surface area (TPSA) is 45.6 Å². The predicted octanol–water partition coefficient (Wildman–Crippen LogP) is 3.19. The molecule has 23 heavy (non-hydrogen) atoms. The van der Waals surface area contributed by atoms with Gasteiger partial charge in [-0.05, 0) is 35.9 Å². The lowest BCUT2D eigenvalue weighted by molar-refractivity contribution is 0.134. The summed E-state index contributed by atoms with van der Waals surface area (Å²) < 4.78 is 5.41. The summed E-state index contributed by atoms with van der Waals surface area (Å²) in [7, 11) is 1.80. The van der Waals surface area contributed by atoms with Crippen LogP contribution in [0.2, 0.25) is 0 Å². The highest BCUT2D eigenvalue weighted by atomic mass is 32.1. The van der Waals surface area contributed by atoms with E-state index in [0.29, 0.717) is 6.61 Å². The number of guanidine groups is 1. The van der Waals surface area contributed by atoms with Crippen molar-refractivity contribution in [2.24, 2.45) is 4.99 Å². The minimum Gasteiger partial charge on any atom is -0.377 e. The van der Waals surface area contributed by atoms with E-state index in [9.17, 15) is 0 Å². The van der Waals surface area contributed by atoms with Crippen LogP contribution in [-0.4, -0.2) is 26.2 Å². The molecule has 0 aliphatic heterocycles. The highest BCUT2D eigenvalue weighted by Gasteiger charge is 2.00. The molecule has 0 bridgehead atoms. The van der Waals surface area contributed by atoms with Gasteiger partial charge in [0.25, 0.3) is 0 Å². The van der Waals surface area contributed by atoms with Crippen molar-refractivity contribution >= 4 is 17.3 Å². The molecule has 5 heteroatoms. The normalized spacial score (nSPS) is 11.5. The molecule has 124 valence electrons. The summed E-state index contributed by atoms with van der Waals surface area (Å²) in [6, 6.07) is 12.7. The van der Waals surface area contributed by atoms with E-state index >= 15 is 0 Å². The monoisotopic (exact) mass is 331 g/mol. The van der Waals surface area contributed by atoms with Gasteiger partial charge < -0.3 is 15.4 Å². The van der Waals surface area contributed by atoms with E-state index in [1.54, 1.807) is 18.4 Å². The highest BCUT2D eigenvalue weighted by molar-refractivity contribution is 7.09. The van der Waals surface area contributed by atoms with Crippen molar-refractivity contribution in [2.75, 3.05) is 20.2 Å². The van der Waals surface area contributed by atoms with Gasteiger partial charge in [0.15, 0.2) is 5.96 Å². The molecule has 0 aliphatic rings. The van der Waals surface area contributed by atoms with Gasteiger partial charge in [0, 0.05) is 31.6 Å². The van der Waals surface area contributed by atoms with Crippen molar-refractivity contribution in [3.63, 3.8) is 0 Å². The first-order valence-electron chi connectivity index (χ1n) is 7.94. The van der Waals surface area contributed by atoms with Gasteiger partial charge in [0.1, 0.15) is 0 Å². The standard InChI is InChI=1S/C18H25N3OS/c1-3-22-14-16-8-6-15(7-9-16)13-21-18(19-2)20-11-10-17-5-4-12-23-17/h4-9,12H,3,10-11,13-14H2,1-2H3,(H2,19,20,21). The Balaban J connectivity index is 1.72. The quantitative estimate of drug-likeness (QED) is 0.577. The van der Waals surface area contributed by atoms with Crippen molar-refractivity contribution in [3.8, 4) is 0 Å². The molecule has 0 unspecified atom stereocenters. The second-order valence-corrected chi connectivity index (χ2v) is 6.17. The number of hydrogen-bond acceptors (Lipinski definition) is 3. The van der Waals surface area contributed by atoms with Crippen LogP contribution < -0.4 is 10.6 Å². The average molecular weight is 331 g/mol. The SMILES string of the molecule is CCOCc1ccc(CNC(=NC)NCCc2cccs2)cc1. The van der Waals surface area contributed by atoms with Crippen LogP contribution in [0.15, 0.2) is 46.8 Å². The molecule has 4 nitrogen and oxygen atoms in total. The lowest BCUT2D eigenvalue weighted by Gasteiger charge is -2.12. The zero-order valence-electron chi connectivity index (χ0n) is 13.8. The third-order valence-corrected chi connectivity index (χ3v) is 4.36. The number of nitrogens with one attached hydrogen (secondary N) is 2. The van der Waals surface area contributed by atoms with Gasteiger partial charge in [0.2, 0.25) is 0 Å².